The van der Waals surface area contributed by atoms with Crippen LogP contribution >= 0.6 is 11.6 Å². The Balaban J connectivity index is 1.99. The van der Waals surface area contributed by atoms with Crippen molar-refractivity contribution in [3.8, 4) is 0 Å². The van der Waals surface area contributed by atoms with E-state index >= 15 is 0 Å². The van der Waals surface area contributed by atoms with E-state index in [9.17, 15) is 9.90 Å². The van der Waals surface area contributed by atoms with E-state index in [1.165, 1.54) is 0 Å². The summed E-state index contributed by atoms with van der Waals surface area (Å²) in [5.41, 5.74) is 0.752. The van der Waals surface area contributed by atoms with E-state index in [1.54, 1.807) is 12.1 Å². The number of halogens is 1. The second kappa shape index (κ2) is 5.29. The lowest BCUT2D eigenvalue weighted by molar-refractivity contribution is 0.0449. The molecule has 1 aliphatic carbocycles. The first-order chi connectivity index (χ1) is 8.50. The molecule has 2 N–H and O–H groups in total. The van der Waals surface area contributed by atoms with Crippen LogP contribution < -0.4 is 5.32 Å². The van der Waals surface area contributed by atoms with Crippen LogP contribution in [0.15, 0.2) is 18.2 Å². The molecule has 18 heavy (non-hydrogen) atoms. The molecule has 0 radical (unpaired) electrons. The molecule has 0 saturated heterocycles. The highest BCUT2D eigenvalue weighted by molar-refractivity contribution is 6.33. The van der Waals surface area contributed by atoms with Crippen molar-refractivity contribution in [3.63, 3.8) is 0 Å². The minimum absolute atomic E-state index is 0.222. The van der Waals surface area contributed by atoms with Crippen LogP contribution in [0.1, 0.15) is 41.6 Å². The lowest BCUT2D eigenvalue weighted by atomic mass is 10.0. The van der Waals surface area contributed by atoms with Crippen LogP contribution in [0.3, 0.4) is 0 Å². The summed E-state index contributed by atoms with van der Waals surface area (Å²) in [7, 11) is 0. The molecule has 3 nitrogen and oxygen atoms in total. The molecule has 0 bridgehead atoms. The molecule has 2 rings (SSSR count). The molecule has 1 saturated carbocycles. The highest BCUT2D eigenvalue weighted by atomic mass is 35.5. The average Bonchev–Trinajstić information content (AvgIpc) is 2.74. The first-order valence-corrected chi connectivity index (χ1v) is 6.65. The van der Waals surface area contributed by atoms with Crippen molar-refractivity contribution < 1.29 is 9.90 Å². The Labute approximate surface area is 112 Å². The number of carbonyl (C=O) groups excluding carboxylic acids is 1. The Hall–Kier alpha value is -1.06. The van der Waals surface area contributed by atoms with E-state index in [2.05, 4.69) is 5.32 Å². The normalized spacial score (nSPS) is 17.7. The van der Waals surface area contributed by atoms with Gasteiger partial charge in [0.1, 0.15) is 0 Å². The third kappa shape index (κ3) is 3.03. The molecule has 4 heteroatoms. The van der Waals surface area contributed by atoms with Gasteiger partial charge < -0.3 is 10.4 Å². The first kappa shape index (κ1) is 13.4. The van der Waals surface area contributed by atoms with Gasteiger partial charge >= 0.3 is 0 Å². The van der Waals surface area contributed by atoms with Gasteiger partial charge in [0, 0.05) is 6.54 Å². The molecule has 0 heterocycles. The summed E-state index contributed by atoms with van der Waals surface area (Å²) >= 11 is 6.03. The van der Waals surface area contributed by atoms with Gasteiger partial charge in [-0.1, -0.05) is 30.5 Å². The number of aliphatic hydroxyl groups is 1. The Morgan fingerprint density at radius 3 is 2.72 bits per heavy atom. The standard InChI is InChI=1S/C14H18ClNO2/c1-10-4-5-11(12(15)8-10)13(17)16-9-14(18)6-2-3-7-14/h4-5,8,18H,2-3,6-7,9H2,1H3,(H,16,17). The molecule has 1 fully saturated rings. The maximum atomic E-state index is 12.0. The molecule has 0 unspecified atom stereocenters. The molecule has 0 aliphatic heterocycles. The molecular formula is C14H18ClNO2. The second-order valence-corrected chi connectivity index (χ2v) is 5.50. The van der Waals surface area contributed by atoms with Gasteiger partial charge in [0.2, 0.25) is 0 Å². The fourth-order valence-corrected chi connectivity index (χ4v) is 2.68. The van der Waals surface area contributed by atoms with Crippen LogP contribution in [0.25, 0.3) is 0 Å². The van der Waals surface area contributed by atoms with Gasteiger partial charge in [-0.25, -0.2) is 0 Å². The minimum Gasteiger partial charge on any atom is -0.388 e. The second-order valence-electron chi connectivity index (χ2n) is 5.10. The third-order valence-electron chi connectivity index (χ3n) is 3.48. The number of aryl methyl sites for hydroxylation is 1. The summed E-state index contributed by atoms with van der Waals surface area (Å²) in [6.07, 6.45) is 3.57. The summed E-state index contributed by atoms with van der Waals surface area (Å²) in [6, 6.07) is 5.33. The van der Waals surface area contributed by atoms with Gasteiger partial charge in [-0.3, -0.25) is 4.79 Å². The summed E-state index contributed by atoms with van der Waals surface area (Å²) in [5, 5.41) is 13.4. The van der Waals surface area contributed by atoms with Crippen molar-refractivity contribution in [3.05, 3.63) is 34.3 Å². The van der Waals surface area contributed by atoms with Crippen molar-refractivity contribution in [2.24, 2.45) is 0 Å². The fourth-order valence-electron chi connectivity index (χ4n) is 2.35. The summed E-state index contributed by atoms with van der Waals surface area (Å²) in [4.78, 5) is 12.0. The minimum atomic E-state index is -0.729. The quantitative estimate of drug-likeness (QED) is 0.885. The van der Waals surface area contributed by atoms with Crippen LogP contribution in [0.2, 0.25) is 5.02 Å². The SMILES string of the molecule is Cc1ccc(C(=O)NCC2(O)CCCC2)c(Cl)c1. The molecule has 1 amide bonds. The number of hydrogen-bond donors (Lipinski definition) is 2. The Morgan fingerprint density at radius 2 is 2.11 bits per heavy atom. The highest BCUT2D eigenvalue weighted by Gasteiger charge is 2.31. The van der Waals surface area contributed by atoms with Crippen LogP contribution in [0.5, 0.6) is 0 Å². The fraction of sp³-hybridized carbons (Fsp3) is 0.500. The zero-order valence-electron chi connectivity index (χ0n) is 10.5. The van der Waals surface area contributed by atoms with Crippen LogP contribution in [0, 0.1) is 6.92 Å². The average molecular weight is 268 g/mol. The monoisotopic (exact) mass is 267 g/mol. The number of carbonyl (C=O) groups is 1. The summed E-state index contributed by atoms with van der Waals surface area (Å²) < 4.78 is 0. The highest BCUT2D eigenvalue weighted by Crippen LogP contribution is 2.28. The predicted molar refractivity (Wildman–Crippen MR) is 71.9 cm³/mol. The number of benzene rings is 1. The number of rotatable bonds is 3. The number of amides is 1. The lowest BCUT2D eigenvalue weighted by Gasteiger charge is -2.22. The zero-order valence-corrected chi connectivity index (χ0v) is 11.3. The maximum Gasteiger partial charge on any atom is 0.252 e. The molecule has 0 spiro atoms. The van der Waals surface area contributed by atoms with Crippen LogP contribution in [-0.2, 0) is 0 Å². The van der Waals surface area contributed by atoms with E-state index in [4.69, 9.17) is 11.6 Å². The number of hydrogen-bond acceptors (Lipinski definition) is 2. The van der Waals surface area contributed by atoms with Crippen molar-refractivity contribution in [2.45, 2.75) is 38.2 Å². The van der Waals surface area contributed by atoms with E-state index in [0.717, 1.165) is 31.2 Å². The van der Waals surface area contributed by atoms with E-state index < -0.39 is 5.60 Å². The van der Waals surface area contributed by atoms with E-state index in [1.807, 2.05) is 13.0 Å². The summed E-state index contributed by atoms with van der Waals surface area (Å²) in [6.45, 7) is 2.23. The van der Waals surface area contributed by atoms with Crippen LogP contribution in [-0.4, -0.2) is 23.2 Å². The smallest absolute Gasteiger partial charge is 0.252 e. The largest absolute Gasteiger partial charge is 0.388 e. The Morgan fingerprint density at radius 1 is 1.44 bits per heavy atom. The summed E-state index contributed by atoms with van der Waals surface area (Å²) in [5.74, 6) is -0.222. The number of nitrogens with one attached hydrogen (secondary N) is 1. The topological polar surface area (TPSA) is 49.3 Å². The van der Waals surface area contributed by atoms with Crippen molar-refractivity contribution >= 4 is 17.5 Å². The van der Waals surface area contributed by atoms with Crippen LogP contribution in [0.4, 0.5) is 0 Å². The van der Waals surface area contributed by atoms with E-state index in [-0.39, 0.29) is 5.91 Å². The Bertz CT molecular complexity index is 453. The molecule has 98 valence electrons. The maximum absolute atomic E-state index is 12.0. The zero-order chi connectivity index (χ0) is 13.2. The molecule has 1 aliphatic rings. The lowest BCUT2D eigenvalue weighted by Crippen LogP contribution is -2.40. The van der Waals surface area contributed by atoms with Gasteiger partial charge in [-0.2, -0.15) is 0 Å². The van der Waals surface area contributed by atoms with E-state index in [0.29, 0.717) is 17.1 Å². The molecule has 1 aromatic carbocycles. The van der Waals surface area contributed by atoms with Gasteiger partial charge in [-0.15, -0.1) is 0 Å². The van der Waals surface area contributed by atoms with Gasteiger partial charge in [0.15, 0.2) is 0 Å². The van der Waals surface area contributed by atoms with Gasteiger partial charge in [0.25, 0.3) is 5.91 Å². The third-order valence-corrected chi connectivity index (χ3v) is 3.79. The first-order valence-electron chi connectivity index (χ1n) is 6.27. The van der Waals surface area contributed by atoms with Gasteiger partial charge in [-0.05, 0) is 37.5 Å². The Kier molecular flexibility index (Phi) is 3.93. The molecular weight excluding hydrogens is 250 g/mol. The van der Waals surface area contributed by atoms with Crippen molar-refractivity contribution in [1.29, 1.82) is 0 Å². The molecule has 0 aromatic heterocycles. The van der Waals surface area contributed by atoms with Gasteiger partial charge in [0.05, 0.1) is 16.2 Å². The molecule has 0 atom stereocenters. The molecule has 1 aromatic rings. The van der Waals surface area contributed by atoms with Crippen molar-refractivity contribution in [1.82, 2.24) is 5.32 Å². The van der Waals surface area contributed by atoms with Crippen molar-refractivity contribution in [2.75, 3.05) is 6.54 Å². The predicted octanol–water partition coefficient (Wildman–Crippen LogP) is 2.68.